The summed E-state index contributed by atoms with van der Waals surface area (Å²) < 4.78 is 0. The number of hydrogen-bond acceptors (Lipinski definition) is 3. The van der Waals surface area contributed by atoms with Crippen LogP contribution in [0.25, 0.3) is 0 Å². The second-order valence-electron chi connectivity index (χ2n) is 3.36. The van der Waals surface area contributed by atoms with Crippen LogP contribution in [-0.2, 0) is 19.6 Å². The van der Waals surface area contributed by atoms with E-state index in [1.54, 1.807) is 0 Å². The Morgan fingerprint density at radius 3 is 3.00 bits per heavy atom. The van der Waals surface area contributed by atoms with Gasteiger partial charge in [0.05, 0.1) is 6.61 Å². The summed E-state index contributed by atoms with van der Waals surface area (Å²) in [5.41, 5.74) is 10.1. The molecule has 0 aliphatic carbocycles. The van der Waals surface area contributed by atoms with E-state index in [-0.39, 0.29) is 6.61 Å². The zero-order chi connectivity index (χ0) is 9.26. The van der Waals surface area contributed by atoms with Gasteiger partial charge in [-0.3, -0.25) is 0 Å². The third kappa shape index (κ3) is 1.41. The van der Waals surface area contributed by atoms with E-state index in [1.165, 1.54) is 11.1 Å². The molecule has 0 spiro atoms. The summed E-state index contributed by atoms with van der Waals surface area (Å²) >= 11 is 0. The quantitative estimate of drug-likeness (QED) is 0.546. The molecule has 1 aromatic rings. The Morgan fingerprint density at radius 2 is 2.23 bits per heavy atom. The fourth-order valence-corrected chi connectivity index (χ4v) is 1.85. The lowest BCUT2D eigenvalue weighted by Crippen LogP contribution is -2.25. The Kier molecular flexibility index (Phi) is 2.20. The van der Waals surface area contributed by atoms with E-state index in [0.717, 1.165) is 30.8 Å². The Labute approximate surface area is 77.6 Å². The molecule has 4 N–H and O–H groups in total. The smallest absolute Gasteiger partial charge is 0.0685 e. The molecule has 0 amide bonds. The van der Waals surface area contributed by atoms with Crippen LogP contribution in [0.4, 0.5) is 5.69 Å². The molecule has 1 aliphatic heterocycles. The van der Waals surface area contributed by atoms with Crippen LogP contribution in [0.15, 0.2) is 12.1 Å². The van der Waals surface area contributed by atoms with Crippen LogP contribution in [0.1, 0.15) is 16.7 Å². The average molecular weight is 178 g/mol. The highest BCUT2D eigenvalue weighted by atomic mass is 16.3. The Balaban J connectivity index is 2.52. The highest BCUT2D eigenvalue weighted by molar-refractivity contribution is 5.54. The zero-order valence-electron chi connectivity index (χ0n) is 7.51. The molecule has 0 unspecified atom stereocenters. The number of anilines is 1. The molecule has 0 radical (unpaired) electrons. The first kappa shape index (κ1) is 8.53. The molecule has 3 heteroatoms. The van der Waals surface area contributed by atoms with Gasteiger partial charge in [-0.05, 0) is 35.7 Å². The summed E-state index contributed by atoms with van der Waals surface area (Å²) in [6.07, 6.45) is 0.967. The van der Waals surface area contributed by atoms with Crippen LogP contribution in [0.3, 0.4) is 0 Å². The average Bonchev–Trinajstić information content (AvgIpc) is 2.19. The molecule has 0 saturated carbocycles. The summed E-state index contributed by atoms with van der Waals surface area (Å²) in [5.74, 6) is 0. The van der Waals surface area contributed by atoms with Gasteiger partial charge in [0.25, 0.3) is 0 Å². The molecule has 2 rings (SSSR count). The third-order valence-corrected chi connectivity index (χ3v) is 2.59. The van der Waals surface area contributed by atoms with Crippen molar-refractivity contribution >= 4 is 5.69 Å². The molecular formula is C10H14N2O. The summed E-state index contributed by atoms with van der Waals surface area (Å²) in [7, 11) is 0. The molecule has 0 saturated heterocycles. The van der Waals surface area contributed by atoms with Crippen LogP contribution in [0.5, 0.6) is 0 Å². The Morgan fingerprint density at radius 1 is 1.38 bits per heavy atom. The van der Waals surface area contributed by atoms with Crippen LogP contribution < -0.4 is 11.1 Å². The van der Waals surface area contributed by atoms with Crippen molar-refractivity contribution in [1.29, 1.82) is 0 Å². The maximum atomic E-state index is 9.12. The largest absolute Gasteiger partial charge is 0.398 e. The second kappa shape index (κ2) is 3.36. The van der Waals surface area contributed by atoms with E-state index in [9.17, 15) is 0 Å². The van der Waals surface area contributed by atoms with Crippen LogP contribution in [0, 0.1) is 0 Å². The van der Waals surface area contributed by atoms with E-state index in [1.807, 2.05) is 12.1 Å². The number of nitrogen functional groups attached to an aromatic ring is 1. The highest BCUT2D eigenvalue weighted by Crippen LogP contribution is 2.24. The second-order valence-corrected chi connectivity index (χ2v) is 3.36. The van der Waals surface area contributed by atoms with Gasteiger partial charge in [0.1, 0.15) is 0 Å². The SMILES string of the molecule is Nc1ccc(CO)c2c1CCNC2. The molecular weight excluding hydrogens is 164 g/mol. The number of benzene rings is 1. The van der Waals surface area contributed by atoms with Crippen molar-refractivity contribution in [3.05, 3.63) is 28.8 Å². The lowest BCUT2D eigenvalue weighted by atomic mass is 9.95. The van der Waals surface area contributed by atoms with E-state index >= 15 is 0 Å². The van der Waals surface area contributed by atoms with Crippen LogP contribution in [0.2, 0.25) is 0 Å². The zero-order valence-corrected chi connectivity index (χ0v) is 7.51. The predicted octanol–water partition coefficient (Wildman–Crippen LogP) is 0.407. The first-order valence-electron chi connectivity index (χ1n) is 4.53. The van der Waals surface area contributed by atoms with Gasteiger partial charge in [-0.2, -0.15) is 0 Å². The van der Waals surface area contributed by atoms with Gasteiger partial charge in [-0.15, -0.1) is 0 Å². The first-order valence-corrected chi connectivity index (χ1v) is 4.53. The van der Waals surface area contributed by atoms with Gasteiger partial charge >= 0.3 is 0 Å². The Hall–Kier alpha value is -1.06. The van der Waals surface area contributed by atoms with Crippen molar-refractivity contribution in [3.8, 4) is 0 Å². The standard InChI is InChI=1S/C10H14N2O/c11-10-2-1-7(6-13)9-5-12-4-3-8(9)10/h1-2,12-13H,3-6,11H2. The number of fused-ring (bicyclic) bond motifs is 1. The fourth-order valence-electron chi connectivity index (χ4n) is 1.85. The summed E-state index contributed by atoms with van der Waals surface area (Å²) in [6.45, 7) is 1.91. The number of hydrogen-bond donors (Lipinski definition) is 3. The fraction of sp³-hybridized carbons (Fsp3) is 0.400. The monoisotopic (exact) mass is 178 g/mol. The molecule has 1 aliphatic rings. The Bertz CT molecular complexity index is 323. The third-order valence-electron chi connectivity index (χ3n) is 2.59. The van der Waals surface area contributed by atoms with Gasteiger partial charge in [0.2, 0.25) is 0 Å². The summed E-state index contributed by atoms with van der Waals surface area (Å²) in [5, 5.41) is 12.4. The van der Waals surface area contributed by atoms with Crippen LogP contribution >= 0.6 is 0 Å². The minimum absolute atomic E-state index is 0.101. The molecule has 70 valence electrons. The number of rotatable bonds is 1. The van der Waals surface area contributed by atoms with Crippen molar-refractivity contribution in [2.45, 2.75) is 19.6 Å². The van der Waals surface area contributed by atoms with Crippen molar-refractivity contribution in [2.24, 2.45) is 0 Å². The molecule has 0 atom stereocenters. The minimum Gasteiger partial charge on any atom is -0.398 e. The number of nitrogens with two attached hydrogens (primary N) is 1. The van der Waals surface area contributed by atoms with Gasteiger partial charge in [0, 0.05) is 12.2 Å². The van der Waals surface area contributed by atoms with Gasteiger partial charge in [-0.1, -0.05) is 6.07 Å². The lowest BCUT2D eigenvalue weighted by molar-refractivity contribution is 0.280. The molecule has 0 aromatic heterocycles. The summed E-state index contributed by atoms with van der Waals surface area (Å²) in [6, 6.07) is 3.79. The molecule has 3 nitrogen and oxygen atoms in total. The van der Waals surface area contributed by atoms with Crippen molar-refractivity contribution in [1.82, 2.24) is 5.32 Å². The topological polar surface area (TPSA) is 58.3 Å². The van der Waals surface area contributed by atoms with E-state index in [2.05, 4.69) is 5.32 Å². The maximum absolute atomic E-state index is 9.12. The maximum Gasteiger partial charge on any atom is 0.0685 e. The van der Waals surface area contributed by atoms with E-state index in [4.69, 9.17) is 10.8 Å². The number of aliphatic hydroxyl groups excluding tert-OH is 1. The first-order chi connectivity index (χ1) is 6.33. The molecule has 1 heterocycles. The van der Waals surface area contributed by atoms with Crippen molar-refractivity contribution < 1.29 is 5.11 Å². The molecule has 0 fully saturated rings. The minimum atomic E-state index is 0.101. The molecule has 0 bridgehead atoms. The van der Waals surface area contributed by atoms with Gasteiger partial charge in [-0.25, -0.2) is 0 Å². The molecule has 1 aromatic carbocycles. The normalized spacial score (nSPS) is 15.5. The van der Waals surface area contributed by atoms with Gasteiger partial charge < -0.3 is 16.2 Å². The highest BCUT2D eigenvalue weighted by Gasteiger charge is 2.14. The van der Waals surface area contributed by atoms with Crippen LogP contribution in [-0.4, -0.2) is 11.7 Å². The van der Waals surface area contributed by atoms with Crippen molar-refractivity contribution in [3.63, 3.8) is 0 Å². The van der Waals surface area contributed by atoms with Gasteiger partial charge in [0.15, 0.2) is 0 Å². The lowest BCUT2D eigenvalue weighted by Gasteiger charge is -2.21. The van der Waals surface area contributed by atoms with E-state index in [0.29, 0.717) is 0 Å². The number of nitrogens with one attached hydrogen (secondary N) is 1. The molecule has 13 heavy (non-hydrogen) atoms. The predicted molar refractivity (Wildman–Crippen MR) is 52.2 cm³/mol. The summed E-state index contributed by atoms with van der Waals surface area (Å²) in [4.78, 5) is 0. The van der Waals surface area contributed by atoms with Crippen molar-refractivity contribution in [2.75, 3.05) is 12.3 Å². The number of aliphatic hydroxyl groups is 1. The van der Waals surface area contributed by atoms with E-state index < -0.39 is 0 Å².